The lowest BCUT2D eigenvalue weighted by Crippen LogP contribution is -2.57. The van der Waals surface area contributed by atoms with Crippen molar-refractivity contribution in [1.29, 1.82) is 0 Å². The maximum atomic E-state index is 14.2. The molecule has 0 N–H and O–H groups in total. The zero-order chi connectivity index (χ0) is 29.1. The van der Waals surface area contributed by atoms with Gasteiger partial charge in [0.2, 0.25) is 5.92 Å². The fraction of sp³-hybridized carbons (Fsp3) is 0.448. The van der Waals surface area contributed by atoms with Crippen molar-refractivity contribution in [1.82, 2.24) is 24.7 Å². The van der Waals surface area contributed by atoms with Crippen LogP contribution < -0.4 is 9.64 Å². The van der Waals surface area contributed by atoms with Crippen molar-refractivity contribution in [2.24, 2.45) is 5.92 Å². The van der Waals surface area contributed by atoms with Gasteiger partial charge >= 0.3 is 0 Å². The number of hydrogen-bond donors (Lipinski definition) is 0. The van der Waals surface area contributed by atoms with E-state index in [2.05, 4.69) is 15.0 Å². The Bertz CT molecular complexity index is 1740. The molecule has 1 unspecified atom stereocenters. The van der Waals surface area contributed by atoms with Crippen LogP contribution in [0.5, 0.6) is 5.75 Å². The van der Waals surface area contributed by atoms with Gasteiger partial charge in [-0.15, -0.1) is 0 Å². The first kappa shape index (κ1) is 27.5. The molecular weight excluding hydrogens is 550 g/mol. The molecule has 2 aliphatic rings. The van der Waals surface area contributed by atoms with Gasteiger partial charge in [0.25, 0.3) is 0 Å². The average molecular weight is 583 g/mol. The number of anilines is 1. The fourth-order valence-corrected chi connectivity index (χ4v) is 7.23. The highest BCUT2D eigenvalue weighted by Crippen LogP contribution is 2.45. The van der Waals surface area contributed by atoms with Crippen molar-refractivity contribution in [3.8, 4) is 22.8 Å². The Labute approximate surface area is 237 Å². The molecule has 1 aliphatic heterocycles. The number of rotatable bonds is 7. The van der Waals surface area contributed by atoms with E-state index in [-0.39, 0.29) is 36.5 Å². The van der Waals surface area contributed by atoms with Crippen LogP contribution in [-0.4, -0.2) is 70.8 Å². The minimum Gasteiger partial charge on any atom is -0.496 e. The molecule has 12 heteroatoms. The van der Waals surface area contributed by atoms with Gasteiger partial charge in [0, 0.05) is 84.4 Å². The van der Waals surface area contributed by atoms with E-state index in [9.17, 15) is 17.2 Å². The topological polar surface area (TPSA) is 103 Å². The summed E-state index contributed by atoms with van der Waals surface area (Å²) in [5.41, 5.74) is 4.33. The highest BCUT2D eigenvalue weighted by molar-refractivity contribution is 7.90. The van der Waals surface area contributed by atoms with Gasteiger partial charge in [-0.05, 0) is 38.5 Å². The fourth-order valence-electron chi connectivity index (χ4n) is 6.07. The first-order valence-electron chi connectivity index (χ1n) is 13.6. The van der Waals surface area contributed by atoms with E-state index in [1.807, 2.05) is 32.0 Å². The van der Waals surface area contributed by atoms with E-state index >= 15 is 0 Å². The van der Waals surface area contributed by atoms with Gasteiger partial charge in [0.1, 0.15) is 15.6 Å². The molecular formula is C29H32F2N6O3S. The van der Waals surface area contributed by atoms with Gasteiger partial charge < -0.3 is 9.64 Å². The van der Waals surface area contributed by atoms with Crippen molar-refractivity contribution < 1.29 is 21.9 Å². The predicted octanol–water partition coefficient (Wildman–Crippen LogP) is 4.97. The zero-order valence-corrected chi connectivity index (χ0v) is 24.2. The third-order valence-electron chi connectivity index (χ3n) is 8.34. The normalized spacial score (nSPS) is 22.2. The predicted molar refractivity (Wildman–Crippen MR) is 153 cm³/mol. The quantitative estimate of drug-likeness (QED) is 0.301. The molecule has 0 aromatic carbocycles. The number of halogens is 2. The van der Waals surface area contributed by atoms with Crippen molar-refractivity contribution in [3.05, 3.63) is 54.2 Å². The van der Waals surface area contributed by atoms with Gasteiger partial charge in [-0.1, -0.05) is 0 Å². The van der Waals surface area contributed by atoms with Crippen LogP contribution in [0.15, 0.2) is 42.9 Å². The summed E-state index contributed by atoms with van der Waals surface area (Å²) in [7, 11) is -1.52. The van der Waals surface area contributed by atoms with Crippen molar-refractivity contribution >= 4 is 26.4 Å². The van der Waals surface area contributed by atoms with Gasteiger partial charge in [0.05, 0.1) is 35.8 Å². The van der Waals surface area contributed by atoms with Crippen LogP contribution in [0.2, 0.25) is 0 Å². The van der Waals surface area contributed by atoms with E-state index < -0.39 is 15.8 Å². The van der Waals surface area contributed by atoms with Gasteiger partial charge in [-0.3, -0.25) is 9.97 Å². The Morgan fingerprint density at radius 3 is 2.66 bits per heavy atom. The second-order valence-corrected chi connectivity index (χ2v) is 13.5. The number of nitrogens with zero attached hydrogens (tertiary/aromatic N) is 6. The molecule has 4 aromatic heterocycles. The first-order chi connectivity index (χ1) is 19.4. The lowest BCUT2D eigenvalue weighted by Gasteiger charge is -2.48. The zero-order valence-electron chi connectivity index (χ0n) is 23.4. The average Bonchev–Trinajstić information content (AvgIpc) is 3.53. The smallest absolute Gasteiger partial charge is 0.248 e. The maximum Gasteiger partial charge on any atom is 0.248 e. The Morgan fingerprint density at radius 1 is 1.17 bits per heavy atom. The molecule has 0 amide bonds. The third-order valence-corrected chi connectivity index (χ3v) is 9.38. The molecule has 0 bridgehead atoms. The lowest BCUT2D eigenvalue weighted by atomic mass is 9.90. The second-order valence-electron chi connectivity index (χ2n) is 11.3. The highest BCUT2D eigenvalue weighted by Gasteiger charge is 2.42. The summed E-state index contributed by atoms with van der Waals surface area (Å²) >= 11 is 0. The summed E-state index contributed by atoms with van der Waals surface area (Å²) in [6.45, 7) is 4.46. The molecule has 6 rings (SSSR count). The Balaban J connectivity index is 1.45. The number of ether oxygens (including phenoxy) is 1. The van der Waals surface area contributed by atoms with E-state index in [1.54, 1.807) is 36.4 Å². The van der Waals surface area contributed by atoms with Crippen LogP contribution in [-0.2, 0) is 9.84 Å². The van der Waals surface area contributed by atoms with Gasteiger partial charge in [-0.2, -0.15) is 5.10 Å². The number of methoxy groups -OCH3 is 1. The largest absolute Gasteiger partial charge is 0.496 e. The first-order valence-corrected chi connectivity index (χ1v) is 15.7. The minimum atomic E-state index is -3.12. The molecule has 1 saturated heterocycles. The third kappa shape index (κ3) is 5.25. The molecule has 3 atom stereocenters. The van der Waals surface area contributed by atoms with Gasteiger partial charge in [0.15, 0.2) is 5.82 Å². The standard InChI is InChI=1S/C29H32F2N6O3S/c1-17-22-14-33-37(26(22)11-25(34-17)23-13-32-8-6-27(23)40-3)28-10-21(36-15-20(18(36)2)16-41(4,38)39)9-24(35-28)19-5-7-29(30,31)12-19/h6,8-11,13-14,18-20H,5,7,12,15-16H2,1-4H3/t18-,19?,20-/m1/s1. The van der Waals surface area contributed by atoms with Crippen LogP contribution in [0.25, 0.3) is 28.0 Å². The van der Waals surface area contributed by atoms with Crippen molar-refractivity contribution in [2.75, 3.05) is 30.6 Å². The van der Waals surface area contributed by atoms with Crippen LogP contribution >= 0.6 is 0 Å². The molecule has 5 heterocycles. The Kier molecular flexibility index (Phi) is 6.71. The molecule has 1 saturated carbocycles. The summed E-state index contributed by atoms with van der Waals surface area (Å²) in [5, 5.41) is 5.48. The monoisotopic (exact) mass is 582 g/mol. The van der Waals surface area contributed by atoms with Crippen LogP contribution in [0.1, 0.15) is 43.5 Å². The molecule has 1 aliphatic carbocycles. The second kappa shape index (κ2) is 10.0. The van der Waals surface area contributed by atoms with Crippen LogP contribution in [0.4, 0.5) is 14.5 Å². The highest BCUT2D eigenvalue weighted by atomic mass is 32.2. The van der Waals surface area contributed by atoms with E-state index in [0.717, 1.165) is 27.8 Å². The SMILES string of the molecule is COc1ccncc1-c1cc2c(cnn2-c2cc(N3C[C@H](CS(C)(=O)=O)[C@H]3C)cc(C3CCC(F)(F)C3)n2)c(C)n1. The Hall–Kier alpha value is -3.67. The number of hydrogen-bond acceptors (Lipinski definition) is 8. The van der Waals surface area contributed by atoms with Crippen LogP contribution in [0.3, 0.4) is 0 Å². The molecule has 41 heavy (non-hydrogen) atoms. The lowest BCUT2D eigenvalue weighted by molar-refractivity contribution is 0.00765. The van der Waals surface area contributed by atoms with E-state index in [1.165, 1.54) is 6.26 Å². The molecule has 216 valence electrons. The number of aromatic nitrogens is 5. The molecule has 0 radical (unpaired) electrons. The molecule has 4 aromatic rings. The molecule has 2 fully saturated rings. The molecule has 0 spiro atoms. The van der Waals surface area contributed by atoms with Crippen LogP contribution in [0, 0.1) is 12.8 Å². The Morgan fingerprint density at radius 2 is 1.98 bits per heavy atom. The van der Waals surface area contributed by atoms with E-state index in [0.29, 0.717) is 35.9 Å². The van der Waals surface area contributed by atoms with Gasteiger partial charge in [-0.25, -0.2) is 26.9 Å². The number of sulfone groups is 1. The maximum absolute atomic E-state index is 14.2. The summed E-state index contributed by atoms with van der Waals surface area (Å²) in [4.78, 5) is 16.0. The summed E-state index contributed by atoms with van der Waals surface area (Å²) in [5.74, 6) is -1.84. The summed E-state index contributed by atoms with van der Waals surface area (Å²) in [6.07, 6.45) is 6.27. The molecule has 9 nitrogen and oxygen atoms in total. The number of pyridine rings is 3. The van der Waals surface area contributed by atoms with Crippen molar-refractivity contribution in [3.63, 3.8) is 0 Å². The summed E-state index contributed by atoms with van der Waals surface area (Å²) in [6, 6.07) is 7.43. The minimum absolute atomic E-state index is 0.00263. The van der Waals surface area contributed by atoms with Crippen molar-refractivity contribution in [2.45, 2.75) is 51.0 Å². The number of aryl methyl sites for hydroxylation is 1. The number of fused-ring (bicyclic) bond motifs is 1. The number of alkyl halides is 2. The summed E-state index contributed by atoms with van der Waals surface area (Å²) < 4.78 is 59.6. The van der Waals surface area contributed by atoms with E-state index in [4.69, 9.17) is 14.7 Å².